The van der Waals surface area contributed by atoms with Gasteiger partial charge in [-0.3, -0.25) is 4.79 Å². The summed E-state index contributed by atoms with van der Waals surface area (Å²) in [6, 6.07) is 8.24. The highest BCUT2D eigenvalue weighted by molar-refractivity contribution is 6.31. The van der Waals surface area contributed by atoms with E-state index in [1.165, 1.54) is 25.3 Å². The molecule has 0 aliphatic heterocycles. The fourth-order valence-corrected chi connectivity index (χ4v) is 2.28. The van der Waals surface area contributed by atoms with Crippen LogP contribution >= 0.6 is 11.6 Å². The molecule has 0 aliphatic rings. The minimum Gasteiger partial charge on any atom is -0.495 e. The summed E-state index contributed by atoms with van der Waals surface area (Å²) >= 11 is 6.00. The molecule has 1 amide bonds. The number of halogens is 3. The number of carbonyl (C=O) groups is 2. The molecule has 2 rings (SSSR count). The molecule has 2 aromatic rings. The molecular weight excluding hydrogens is 384 g/mol. The van der Waals surface area contributed by atoms with Crippen LogP contribution in [0.2, 0.25) is 5.02 Å². The van der Waals surface area contributed by atoms with E-state index in [0.717, 1.165) is 11.6 Å². The van der Waals surface area contributed by atoms with E-state index in [2.05, 4.69) is 10.1 Å². The SMILES string of the molecule is COc1cc(Cl)c(C)cc1NC(=O)COC(=O)c1cccc(OC(F)F)c1. The van der Waals surface area contributed by atoms with E-state index in [1.807, 2.05) is 0 Å². The molecule has 0 aliphatic carbocycles. The lowest BCUT2D eigenvalue weighted by atomic mass is 10.2. The monoisotopic (exact) mass is 399 g/mol. The Kier molecular flexibility index (Phi) is 6.95. The van der Waals surface area contributed by atoms with Crippen molar-refractivity contribution in [3.8, 4) is 11.5 Å². The zero-order chi connectivity index (χ0) is 20.0. The Balaban J connectivity index is 1.98. The predicted molar refractivity (Wildman–Crippen MR) is 94.7 cm³/mol. The zero-order valence-electron chi connectivity index (χ0n) is 14.4. The van der Waals surface area contributed by atoms with Gasteiger partial charge >= 0.3 is 12.6 Å². The topological polar surface area (TPSA) is 73.9 Å². The quantitative estimate of drug-likeness (QED) is 0.711. The highest BCUT2D eigenvalue weighted by atomic mass is 35.5. The predicted octanol–water partition coefficient (Wildman–Crippen LogP) is 4.05. The summed E-state index contributed by atoms with van der Waals surface area (Å²) in [5.74, 6) is -1.31. The molecule has 27 heavy (non-hydrogen) atoms. The van der Waals surface area contributed by atoms with Crippen LogP contribution in [0.3, 0.4) is 0 Å². The van der Waals surface area contributed by atoms with Crippen LogP contribution in [-0.4, -0.2) is 32.2 Å². The van der Waals surface area contributed by atoms with Crippen LogP contribution in [0, 0.1) is 6.92 Å². The molecular formula is C18H16ClF2NO5. The number of aryl methyl sites for hydroxylation is 1. The van der Waals surface area contributed by atoms with Gasteiger partial charge in [-0.15, -0.1) is 0 Å². The first-order chi connectivity index (χ1) is 12.8. The summed E-state index contributed by atoms with van der Waals surface area (Å²) in [4.78, 5) is 24.0. The van der Waals surface area contributed by atoms with Crippen LogP contribution in [0.5, 0.6) is 11.5 Å². The number of nitrogens with one attached hydrogen (secondary N) is 1. The van der Waals surface area contributed by atoms with Crippen molar-refractivity contribution < 1.29 is 32.6 Å². The van der Waals surface area contributed by atoms with Crippen molar-refractivity contribution >= 4 is 29.2 Å². The number of ether oxygens (including phenoxy) is 3. The van der Waals surface area contributed by atoms with Crippen LogP contribution in [0.1, 0.15) is 15.9 Å². The third-order valence-corrected chi connectivity index (χ3v) is 3.79. The Morgan fingerprint density at radius 3 is 2.63 bits per heavy atom. The van der Waals surface area contributed by atoms with E-state index in [9.17, 15) is 18.4 Å². The maximum absolute atomic E-state index is 12.2. The highest BCUT2D eigenvalue weighted by Gasteiger charge is 2.14. The molecule has 144 valence electrons. The van der Waals surface area contributed by atoms with E-state index in [1.54, 1.807) is 19.1 Å². The van der Waals surface area contributed by atoms with Gasteiger partial charge in [0.15, 0.2) is 6.61 Å². The average Bonchev–Trinajstić information content (AvgIpc) is 2.62. The van der Waals surface area contributed by atoms with Crippen LogP contribution in [-0.2, 0) is 9.53 Å². The smallest absolute Gasteiger partial charge is 0.387 e. The van der Waals surface area contributed by atoms with Gasteiger partial charge in [0.1, 0.15) is 11.5 Å². The van der Waals surface area contributed by atoms with Crippen LogP contribution < -0.4 is 14.8 Å². The summed E-state index contributed by atoms with van der Waals surface area (Å²) < 4.78 is 38.7. The fourth-order valence-electron chi connectivity index (χ4n) is 2.13. The van der Waals surface area contributed by atoms with Crippen LogP contribution in [0.25, 0.3) is 0 Å². The number of hydrogen-bond donors (Lipinski definition) is 1. The molecule has 0 unspecified atom stereocenters. The summed E-state index contributed by atoms with van der Waals surface area (Å²) in [6.45, 7) is -1.84. The molecule has 0 heterocycles. The number of amides is 1. The van der Waals surface area contributed by atoms with Gasteiger partial charge in [0.05, 0.1) is 18.4 Å². The third-order valence-electron chi connectivity index (χ3n) is 3.38. The second-order valence-corrected chi connectivity index (χ2v) is 5.74. The number of hydrogen-bond acceptors (Lipinski definition) is 5. The van der Waals surface area contributed by atoms with Crippen molar-refractivity contribution in [2.24, 2.45) is 0 Å². The third kappa shape index (κ3) is 5.82. The first-order valence-corrected chi connectivity index (χ1v) is 8.04. The minimum absolute atomic E-state index is 0.0270. The number of methoxy groups -OCH3 is 1. The van der Waals surface area contributed by atoms with E-state index in [4.69, 9.17) is 21.1 Å². The zero-order valence-corrected chi connectivity index (χ0v) is 15.2. The average molecular weight is 400 g/mol. The van der Waals surface area contributed by atoms with E-state index in [-0.39, 0.29) is 11.3 Å². The Hall–Kier alpha value is -2.87. The number of anilines is 1. The maximum atomic E-state index is 12.2. The first-order valence-electron chi connectivity index (χ1n) is 7.66. The Bertz CT molecular complexity index is 844. The van der Waals surface area contributed by atoms with E-state index >= 15 is 0 Å². The Morgan fingerprint density at radius 2 is 1.96 bits per heavy atom. The molecule has 2 aromatic carbocycles. The molecule has 0 saturated heterocycles. The van der Waals surface area contributed by atoms with Crippen molar-refractivity contribution in [2.45, 2.75) is 13.5 Å². The Labute approximate surface area is 159 Å². The van der Waals surface area contributed by atoms with Gasteiger partial charge in [0.2, 0.25) is 0 Å². The number of rotatable bonds is 7. The van der Waals surface area contributed by atoms with Gasteiger partial charge in [-0.2, -0.15) is 8.78 Å². The standard InChI is InChI=1S/C18H16ClF2NO5/c1-10-6-14(15(25-2)8-13(10)19)22-16(23)9-26-17(24)11-4-3-5-12(7-11)27-18(20)21/h3-8,18H,9H2,1-2H3,(H,22,23). The van der Waals surface area contributed by atoms with Crippen molar-refractivity contribution in [3.63, 3.8) is 0 Å². The van der Waals surface area contributed by atoms with E-state index < -0.39 is 25.1 Å². The van der Waals surface area contributed by atoms with Crippen LogP contribution in [0.15, 0.2) is 36.4 Å². The van der Waals surface area contributed by atoms with Crippen molar-refractivity contribution in [1.29, 1.82) is 0 Å². The van der Waals surface area contributed by atoms with Crippen LogP contribution in [0.4, 0.5) is 14.5 Å². The second-order valence-electron chi connectivity index (χ2n) is 5.33. The number of benzene rings is 2. The number of esters is 1. The van der Waals surface area contributed by atoms with Gasteiger partial charge in [0.25, 0.3) is 5.91 Å². The molecule has 9 heteroatoms. The summed E-state index contributed by atoms with van der Waals surface area (Å²) in [7, 11) is 1.42. The van der Waals surface area contributed by atoms with Gasteiger partial charge in [0, 0.05) is 11.1 Å². The lowest BCUT2D eigenvalue weighted by Crippen LogP contribution is -2.21. The molecule has 6 nitrogen and oxygen atoms in total. The highest BCUT2D eigenvalue weighted by Crippen LogP contribution is 2.30. The summed E-state index contributed by atoms with van der Waals surface area (Å²) in [5.41, 5.74) is 1.06. The molecule has 1 N–H and O–H groups in total. The molecule has 0 fully saturated rings. The van der Waals surface area contributed by atoms with E-state index in [0.29, 0.717) is 16.5 Å². The fraction of sp³-hybridized carbons (Fsp3) is 0.222. The molecule has 0 atom stereocenters. The van der Waals surface area contributed by atoms with Crippen molar-refractivity contribution in [2.75, 3.05) is 19.0 Å². The normalized spacial score (nSPS) is 10.4. The molecule has 0 radical (unpaired) electrons. The minimum atomic E-state index is -3.01. The molecule has 0 aromatic heterocycles. The molecule has 0 spiro atoms. The lowest BCUT2D eigenvalue weighted by Gasteiger charge is -2.12. The molecule has 0 saturated carbocycles. The Morgan fingerprint density at radius 1 is 1.22 bits per heavy atom. The molecule has 0 bridgehead atoms. The van der Waals surface area contributed by atoms with Crippen molar-refractivity contribution in [3.05, 3.63) is 52.5 Å². The van der Waals surface area contributed by atoms with Crippen molar-refractivity contribution in [1.82, 2.24) is 0 Å². The van der Waals surface area contributed by atoms with Gasteiger partial charge in [-0.1, -0.05) is 17.7 Å². The second kappa shape index (κ2) is 9.18. The van der Waals surface area contributed by atoms with Gasteiger partial charge in [-0.05, 0) is 36.8 Å². The number of carbonyl (C=O) groups excluding carboxylic acids is 2. The summed E-state index contributed by atoms with van der Waals surface area (Å²) in [6.07, 6.45) is 0. The summed E-state index contributed by atoms with van der Waals surface area (Å²) in [5, 5.41) is 3.02. The van der Waals surface area contributed by atoms with Gasteiger partial charge < -0.3 is 19.5 Å². The largest absolute Gasteiger partial charge is 0.495 e. The maximum Gasteiger partial charge on any atom is 0.387 e. The number of alkyl halides is 2. The van der Waals surface area contributed by atoms with Gasteiger partial charge in [-0.25, -0.2) is 4.79 Å². The lowest BCUT2D eigenvalue weighted by molar-refractivity contribution is -0.119. The first kappa shape index (κ1) is 20.4.